The van der Waals surface area contributed by atoms with Crippen molar-refractivity contribution in [2.75, 3.05) is 19.1 Å². The predicted octanol–water partition coefficient (Wildman–Crippen LogP) is 5.79. The summed E-state index contributed by atoms with van der Waals surface area (Å²) in [6.45, 7) is 4.13. The van der Waals surface area contributed by atoms with Crippen molar-refractivity contribution in [2.45, 2.75) is 42.7 Å². The van der Waals surface area contributed by atoms with Crippen molar-refractivity contribution in [3.63, 3.8) is 0 Å². The average Bonchev–Trinajstić information content (AvgIpc) is 3.39. The maximum absolute atomic E-state index is 13.8. The number of rotatable bonds is 7. The van der Waals surface area contributed by atoms with Crippen LogP contribution in [-0.4, -0.2) is 30.2 Å². The highest BCUT2D eigenvalue weighted by Gasteiger charge is 2.46. The minimum absolute atomic E-state index is 0.0161. The monoisotopic (exact) mass is 559 g/mol. The molecule has 0 saturated heterocycles. The lowest BCUT2D eigenvalue weighted by molar-refractivity contribution is -0.118. The summed E-state index contributed by atoms with van der Waals surface area (Å²) in [5, 5.41) is 19.8. The third-order valence-electron chi connectivity index (χ3n) is 6.92. The molecule has 0 amide bonds. The van der Waals surface area contributed by atoms with Crippen LogP contribution < -0.4 is 20.1 Å². The number of nitrogens with two attached hydrogens (primary N) is 1. The van der Waals surface area contributed by atoms with Crippen molar-refractivity contribution >= 4 is 34.0 Å². The zero-order valence-electron chi connectivity index (χ0n) is 22.2. The van der Waals surface area contributed by atoms with Crippen molar-refractivity contribution in [1.82, 2.24) is 10.2 Å². The lowest BCUT2D eigenvalue weighted by Crippen LogP contribution is -2.42. The molecule has 5 rings (SSSR count). The molecule has 0 bridgehead atoms. The second kappa shape index (κ2) is 10.8. The number of carbonyl (C=O) groups is 1. The summed E-state index contributed by atoms with van der Waals surface area (Å²) in [6.07, 6.45) is 0.954. The maximum atomic E-state index is 13.8. The Hall–Kier alpha value is -3.81. The van der Waals surface area contributed by atoms with Crippen LogP contribution in [-0.2, 0) is 10.5 Å². The van der Waals surface area contributed by atoms with Gasteiger partial charge in [0.2, 0.25) is 5.13 Å². The van der Waals surface area contributed by atoms with E-state index in [-0.39, 0.29) is 22.6 Å². The molecule has 1 atom stereocenters. The number of ketones is 1. The first-order valence-corrected chi connectivity index (χ1v) is 14.2. The average molecular weight is 560 g/mol. The van der Waals surface area contributed by atoms with Gasteiger partial charge in [0.1, 0.15) is 17.3 Å². The molecule has 1 aromatic heterocycles. The van der Waals surface area contributed by atoms with Crippen LogP contribution in [0.1, 0.15) is 43.7 Å². The Morgan fingerprint density at radius 1 is 1.15 bits per heavy atom. The summed E-state index contributed by atoms with van der Waals surface area (Å²) in [6, 6.07) is 17.8. The van der Waals surface area contributed by atoms with E-state index in [1.807, 2.05) is 24.3 Å². The van der Waals surface area contributed by atoms with Crippen LogP contribution in [0.15, 0.2) is 75.5 Å². The van der Waals surface area contributed by atoms with E-state index in [0.29, 0.717) is 40.6 Å². The molecule has 8 nitrogen and oxygen atoms in total. The number of hydrogen-bond acceptors (Lipinski definition) is 10. The number of aromatic nitrogens is 2. The number of hydrogen-bond donors (Lipinski definition) is 1. The Labute approximate surface area is 236 Å². The number of methoxy groups -OCH3 is 2. The lowest BCUT2D eigenvalue weighted by Gasteiger charge is -2.42. The third kappa shape index (κ3) is 5.12. The van der Waals surface area contributed by atoms with Crippen molar-refractivity contribution in [3.05, 3.63) is 82.3 Å². The Balaban J connectivity index is 1.61. The number of thioether (sulfide) groups is 1. The zero-order chi connectivity index (χ0) is 27.7. The van der Waals surface area contributed by atoms with Crippen molar-refractivity contribution in [2.24, 2.45) is 11.1 Å². The third-order valence-corrected chi connectivity index (χ3v) is 9.04. The quantitative estimate of drug-likeness (QED) is 0.359. The van der Waals surface area contributed by atoms with E-state index in [1.165, 1.54) is 16.9 Å². The molecule has 2 aromatic carbocycles. The number of Topliss-reactive ketones (excluding diaryl/α,β-unsaturated/α-hetero) is 1. The number of ether oxygens (including phenoxy) is 2. The van der Waals surface area contributed by atoms with E-state index >= 15 is 0 Å². The normalized spacial score (nSPS) is 18.6. The first-order chi connectivity index (χ1) is 18.8. The molecule has 2 heterocycles. The Kier molecular flexibility index (Phi) is 7.38. The number of benzene rings is 2. The molecule has 0 fully saturated rings. The lowest BCUT2D eigenvalue weighted by atomic mass is 9.68. The fourth-order valence-electron chi connectivity index (χ4n) is 5.17. The van der Waals surface area contributed by atoms with E-state index in [2.05, 4.69) is 42.2 Å². The SMILES string of the molecule is COc1ccc(C2C(C#N)=C(N)N(c3nnc(SCc4ccccc4)s3)C3=C2C(=O)CC(C)(C)C3)c(OC)c1. The van der Waals surface area contributed by atoms with Gasteiger partial charge in [0.25, 0.3) is 0 Å². The van der Waals surface area contributed by atoms with Crippen molar-refractivity contribution in [1.29, 1.82) is 5.26 Å². The van der Waals surface area contributed by atoms with Crippen LogP contribution in [0.5, 0.6) is 11.5 Å². The highest BCUT2D eigenvalue weighted by Crippen LogP contribution is 2.52. The second-order valence-electron chi connectivity index (χ2n) is 10.2. The van der Waals surface area contributed by atoms with Gasteiger partial charge in [-0.1, -0.05) is 73.3 Å². The highest BCUT2D eigenvalue weighted by molar-refractivity contribution is 8.00. The van der Waals surface area contributed by atoms with Crippen LogP contribution in [0.2, 0.25) is 0 Å². The fraction of sp³-hybridized carbons (Fsp3) is 0.310. The van der Waals surface area contributed by atoms with Gasteiger partial charge < -0.3 is 15.2 Å². The van der Waals surface area contributed by atoms with Crippen LogP contribution in [0.3, 0.4) is 0 Å². The van der Waals surface area contributed by atoms with Gasteiger partial charge in [-0.25, -0.2) is 0 Å². The minimum Gasteiger partial charge on any atom is -0.497 e. The Morgan fingerprint density at radius 3 is 2.62 bits per heavy atom. The Bertz CT molecular complexity index is 1520. The van der Waals surface area contributed by atoms with Crippen LogP contribution in [0, 0.1) is 16.7 Å². The number of allylic oxidation sites excluding steroid dienone is 3. The molecule has 1 unspecified atom stereocenters. The first kappa shape index (κ1) is 26.8. The molecular formula is C29H29N5O3S2. The maximum Gasteiger partial charge on any atom is 0.219 e. The van der Waals surface area contributed by atoms with Crippen molar-refractivity contribution < 1.29 is 14.3 Å². The molecule has 0 spiro atoms. The molecule has 3 aromatic rings. The summed E-state index contributed by atoms with van der Waals surface area (Å²) >= 11 is 2.98. The smallest absolute Gasteiger partial charge is 0.219 e. The van der Waals surface area contributed by atoms with Gasteiger partial charge in [-0.3, -0.25) is 9.69 Å². The van der Waals surface area contributed by atoms with E-state index in [4.69, 9.17) is 15.2 Å². The van der Waals surface area contributed by atoms with Crippen molar-refractivity contribution in [3.8, 4) is 17.6 Å². The van der Waals surface area contributed by atoms with E-state index in [9.17, 15) is 10.1 Å². The summed E-state index contributed by atoms with van der Waals surface area (Å²) in [5.74, 6) is 1.46. The molecule has 200 valence electrons. The summed E-state index contributed by atoms with van der Waals surface area (Å²) < 4.78 is 11.8. The molecule has 1 aliphatic heterocycles. The van der Waals surface area contributed by atoms with Gasteiger partial charge >= 0.3 is 0 Å². The second-order valence-corrected chi connectivity index (χ2v) is 12.4. The molecule has 1 aliphatic carbocycles. The van der Waals surface area contributed by atoms with Crippen LogP contribution >= 0.6 is 23.1 Å². The van der Waals surface area contributed by atoms with E-state index < -0.39 is 5.92 Å². The van der Waals surface area contributed by atoms with Gasteiger partial charge in [-0.2, -0.15) is 5.26 Å². The molecule has 10 heteroatoms. The Morgan fingerprint density at radius 2 is 1.92 bits per heavy atom. The van der Waals surface area contributed by atoms with Crippen LogP contribution in [0.4, 0.5) is 5.13 Å². The largest absolute Gasteiger partial charge is 0.497 e. The molecular weight excluding hydrogens is 530 g/mol. The fourth-order valence-corrected chi connectivity index (χ4v) is 7.00. The highest BCUT2D eigenvalue weighted by atomic mass is 32.2. The number of carbonyl (C=O) groups excluding carboxylic acids is 1. The number of nitriles is 1. The number of nitrogens with zero attached hydrogens (tertiary/aromatic N) is 4. The minimum atomic E-state index is -0.662. The first-order valence-electron chi connectivity index (χ1n) is 12.4. The summed E-state index contributed by atoms with van der Waals surface area (Å²) in [4.78, 5) is 15.6. The van der Waals surface area contributed by atoms with Crippen LogP contribution in [0.25, 0.3) is 0 Å². The van der Waals surface area contributed by atoms with Gasteiger partial charge in [0.15, 0.2) is 10.1 Å². The standard InChI is InChI=1S/C29H29N5O3S2/c1-29(2)13-21-25(22(35)14-29)24(19-11-10-18(36-3)12-23(19)37-4)20(15-30)26(31)34(21)27-32-33-28(39-27)38-16-17-8-6-5-7-9-17/h5-12,24H,13-14,16,31H2,1-4H3. The molecule has 2 N–H and O–H groups in total. The molecule has 0 radical (unpaired) electrons. The molecule has 39 heavy (non-hydrogen) atoms. The molecule has 0 saturated carbocycles. The molecule has 2 aliphatic rings. The van der Waals surface area contributed by atoms with Gasteiger partial charge in [0, 0.05) is 35.1 Å². The summed E-state index contributed by atoms with van der Waals surface area (Å²) in [5.41, 5.74) is 9.93. The van der Waals surface area contributed by atoms with E-state index in [0.717, 1.165) is 15.8 Å². The zero-order valence-corrected chi connectivity index (χ0v) is 23.9. The topological polar surface area (TPSA) is 114 Å². The van der Waals surface area contributed by atoms with E-state index in [1.54, 1.807) is 43.0 Å². The van der Waals surface area contributed by atoms with Gasteiger partial charge in [-0.15, -0.1) is 10.2 Å². The predicted molar refractivity (Wildman–Crippen MR) is 153 cm³/mol. The van der Waals surface area contributed by atoms with Gasteiger partial charge in [0.05, 0.1) is 31.8 Å². The summed E-state index contributed by atoms with van der Waals surface area (Å²) in [7, 11) is 3.14. The van der Waals surface area contributed by atoms with Gasteiger partial charge in [-0.05, 0) is 23.5 Å². The number of anilines is 1.